The highest BCUT2D eigenvalue weighted by atomic mass is 32.2. The van der Waals surface area contributed by atoms with E-state index in [1.54, 1.807) is 0 Å². The lowest BCUT2D eigenvalue weighted by Crippen LogP contribution is -1.75. The van der Waals surface area contributed by atoms with Crippen LogP contribution in [-0.4, -0.2) is 11.2 Å². The first-order chi connectivity index (χ1) is 3.39. The maximum Gasteiger partial charge on any atom is -0.0666 e. The monoisotopic (exact) mass is 111 g/mol. The van der Waals surface area contributed by atoms with E-state index in [2.05, 4.69) is 16.6 Å². The Morgan fingerprint density at radius 1 is 1.14 bits per heavy atom. The van der Waals surface area contributed by atoms with Gasteiger partial charge in [0.05, 0.1) is 0 Å². The SMILES string of the molecule is C=[S-]1=CC=CC=C1. The first-order valence-electron chi connectivity index (χ1n) is 2.09. The molecule has 0 saturated heterocycles. The fourth-order valence-electron chi connectivity index (χ4n) is 0.402. The van der Waals surface area contributed by atoms with Gasteiger partial charge in [0.2, 0.25) is 0 Å². The van der Waals surface area contributed by atoms with Crippen LogP contribution in [0.5, 0.6) is 0 Å². The molecule has 1 aliphatic rings. The Morgan fingerprint density at radius 2 is 2.00 bits per heavy atom. The zero-order valence-electron chi connectivity index (χ0n) is 4.00. The predicted molar refractivity (Wildman–Crippen MR) is 38.8 cm³/mol. The summed E-state index contributed by atoms with van der Waals surface area (Å²) in [4.78, 5) is 0. The molecule has 38 valence electrons. The summed E-state index contributed by atoms with van der Waals surface area (Å²) in [5, 5.41) is 4.17. The van der Waals surface area contributed by atoms with Gasteiger partial charge in [-0.05, 0) is 0 Å². The Bertz CT molecular complexity index is 178. The lowest BCUT2D eigenvalue weighted by atomic mass is 10.5. The Hall–Kier alpha value is -0.430. The van der Waals surface area contributed by atoms with Gasteiger partial charge in [0.1, 0.15) is 0 Å². The fourth-order valence-corrected chi connectivity index (χ4v) is 1.08. The van der Waals surface area contributed by atoms with Gasteiger partial charge >= 0.3 is 0 Å². The number of hydrogen-bond donors (Lipinski definition) is 0. The molecular weight excluding hydrogens is 104 g/mol. The van der Waals surface area contributed by atoms with Crippen LogP contribution >= 0.6 is 0 Å². The highest BCUT2D eigenvalue weighted by Crippen LogP contribution is 1.82. The summed E-state index contributed by atoms with van der Waals surface area (Å²) in [5.41, 5.74) is 0. The fraction of sp³-hybridized carbons (Fsp3) is 0. The first kappa shape index (κ1) is 4.72. The molecule has 0 nitrogen and oxygen atoms in total. The molecule has 0 amide bonds. The average molecular weight is 111 g/mol. The molecule has 0 fully saturated rings. The number of hydrogen-bond acceptors (Lipinski definition) is 1. The summed E-state index contributed by atoms with van der Waals surface area (Å²) >= 11 is 0. The molecular formula is C6H7S-. The van der Waals surface area contributed by atoms with E-state index >= 15 is 0 Å². The minimum absolute atomic E-state index is 0.167. The number of rotatable bonds is 0. The smallest absolute Gasteiger partial charge is 0.0666 e. The molecule has 0 aromatic heterocycles. The van der Waals surface area contributed by atoms with Gasteiger partial charge in [-0.2, -0.15) is 10.8 Å². The first-order valence-corrected chi connectivity index (χ1v) is 3.61. The molecule has 0 aromatic rings. The van der Waals surface area contributed by atoms with Crippen molar-refractivity contribution < 1.29 is 0 Å². The molecule has 0 atom stereocenters. The molecule has 1 rings (SSSR count). The van der Waals surface area contributed by atoms with Crippen molar-refractivity contribution in [3.05, 3.63) is 23.6 Å². The van der Waals surface area contributed by atoms with Crippen molar-refractivity contribution in [1.82, 2.24) is 0 Å². The molecule has 0 spiro atoms. The van der Waals surface area contributed by atoms with E-state index < -0.39 is 0 Å². The Labute approximate surface area is 45.7 Å². The van der Waals surface area contributed by atoms with Crippen LogP contribution in [0, 0.1) is 0 Å². The van der Waals surface area contributed by atoms with Crippen LogP contribution < -0.4 is 0 Å². The lowest BCUT2D eigenvalue weighted by molar-refractivity contribution is 2.07. The van der Waals surface area contributed by atoms with E-state index in [0.717, 1.165) is 0 Å². The van der Waals surface area contributed by atoms with Crippen LogP contribution in [0.25, 0.3) is 0 Å². The van der Waals surface area contributed by atoms with Gasteiger partial charge in [-0.25, -0.2) is 5.87 Å². The summed E-state index contributed by atoms with van der Waals surface area (Å²) in [6.07, 6.45) is 6.06. The van der Waals surface area contributed by atoms with Crippen molar-refractivity contribution in [2.75, 3.05) is 0 Å². The van der Waals surface area contributed by atoms with E-state index in [1.165, 1.54) is 0 Å². The molecule has 1 heteroatoms. The van der Waals surface area contributed by atoms with E-state index in [4.69, 9.17) is 0 Å². The van der Waals surface area contributed by atoms with Gasteiger partial charge in [-0.3, -0.25) is 0 Å². The zero-order valence-corrected chi connectivity index (χ0v) is 4.82. The maximum absolute atomic E-state index is 3.83. The minimum Gasteiger partial charge on any atom is -0.457 e. The molecule has 1 aliphatic heterocycles. The van der Waals surface area contributed by atoms with Crippen molar-refractivity contribution in [1.29, 1.82) is 0 Å². The third-order valence-corrected chi connectivity index (χ3v) is 1.74. The summed E-state index contributed by atoms with van der Waals surface area (Å²) in [6.45, 7) is 0. The van der Waals surface area contributed by atoms with Crippen molar-refractivity contribution in [2.24, 2.45) is 0 Å². The largest absolute Gasteiger partial charge is 0.457 e. The van der Waals surface area contributed by atoms with Crippen LogP contribution in [0.15, 0.2) is 23.6 Å². The summed E-state index contributed by atoms with van der Waals surface area (Å²) in [6, 6.07) is 0. The van der Waals surface area contributed by atoms with Gasteiger partial charge in [0.15, 0.2) is 0 Å². The second kappa shape index (κ2) is 2.03. The van der Waals surface area contributed by atoms with Gasteiger partial charge < -0.3 is 10.1 Å². The van der Waals surface area contributed by atoms with Crippen molar-refractivity contribution >= 4 is 21.3 Å². The second-order valence-corrected chi connectivity index (χ2v) is 2.80. The normalized spacial score (nSPS) is 19.4. The van der Waals surface area contributed by atoms with Gasteiger partial charge in [-0.15, -0.1) is 0 Å². The molecule has 0 bridgehead atoms. The second-order valence-electron chi connectivity index (χ2n) is 1.32. The molecule has 1 heterocycles. The van der Waals surface area contributed by atoms with Crippen LogP contribution in [0.1, 0.15) is 0 Å². The van der Waals surface area contributed by atoms with Crippen LogP contribution in [0.4, 0.5) is 0 Å². The van der Waals surface area contributed by atoms with Crippen LogP contribution in [-0.2, 0) is 10.1 Å². The van der Waals surface area contributed by atoms with Crippen LogP contribution in [0.3, 0.4) is 0 Å². The summed E-state index contributed by atoms with van der Waals surface area (Å²) in [7, 11) is 0.167. The molecule has 0 aliphatic carbocycles. The van der Waals surface area contributed by atoms with Gasteiger partial charge in [-0.1, -0.05) is 18.2 Å². The molecule has 0 N–H and O–H groups in total. The van der Waals surface area contributed by atoms with Gasteiger partial charge in [0.25, 0.3) is 0 Å². The lowest BCUT2D eigenvalue weighted by Gasteiger charge is -1.99. The molecule has 0 radical (unpaired) electrons. The van der Waals surface area contributed by atoms with E-state index in [0.29, 0.717) is 0 Å². The topological polar surface area (TPSA) is 0 Å². The molecule has 0 saturated carbocycles. The van der Waals surface area contributed by atoms with Crippen LogP contribution in [0.2, 0.25) is 0 Å². The quantitative estimate of drug-likeness (QED) is 0.322. The van der Waals surface area contributed by atoms with E-state index in [-0.39, 0.29) is 10.1 Å². The van der Waals surface area contributed by atoms with E-state index in [1.807, 2.05) is 18.2 Å². The highest BCUT2D eigenvalue weighted by molar-refractivity contribution is 7.95. The molecule has 0 aromatic carbocycles. The summed E-state index contributed by atoms with van der Waals surface area (Å²) < 4.78 is 0. The summed E-state index contributed by atoms with van der Waals surface area (Å²) in [5.74, 6) is 3.83. The Balaban J connectivity index is 3.04. The third-order valence-electron chi connectivity index (χ3n) is 0.729. The predicted octanol–water partition coefficient (Wildman–Crippen LogP) is 0.922. The average Bonchev–Trinajstić information content (AvgIpc) is 1.69. The minimum atomic E-state index is 0.167. The molecule has 0 unspecified atom stereocenters. The van der Waals surface area contributed by atoms with Gasteiger partial charge in [0, 0.05) is 0 Å². The Morgan fingerprint density at radius 3 is 2.29 bits per heavy atom. The highest BCUT2D eigenvalue weighted by Gasteiger charge is 1.58. The molecule has 7 heavy (non-hydrogen) atoms. The standard InChI is InChI=1S/C6H7S/c1-7-5-3-2-4-6-7/h2-6H,1H2/q-1. The zero-order chi connectivity index (χ0) is 5.11. The Kier molecular flexibility index (Phi) is 1.37. The van der Waals surface area contributed by atoms with E-state index in [9.17, 15) is 0 Å². The number of allylic oxidation sites excluding steroid dienone is 3. The van der Waals surface area contributed by atoms with Crippen molar-refractivity contribution in [3.8, 4) is 0 Å². The third kappa shape index (κ3) is 1.24. The van der Waals surface area contributed by atoms with Crippen molar-refractivity contribution in [2.45, 2.75) is 0 Å². The maximum atomic E-state index is 3.83. The van der Waals surface area contributed by atoms with Crippen molar-refractivity contribution in [3.63, 3.8) is 0 Å².